The van der Waals surface area contributed by atoms with E-state index in [2.05, 4.69) is 22.1 Å². The molecule has 0 amide bonds. The lowest BCUT2D eigenvalue weighted by molar-refractivity contribution is 0.0648. The second-order valence-electron chi connectivity index (χ2n) is 5.17. The summed E-state index contributed by atoms with van der Waals surface area (Å²) in [5.41, 5.74) is 3.74. The van der Waals surface area contributed by atoms with Crippen molar-refractivity contribution in [2.75, 3.05) is 0 Å². The normalized spacial score (nSPS) is 16.7. The molecule has 4 rings (SSSR count). The summed E-state index contributed by atoms with van der Waals surface area (Å²) in [5, 5.41) is 0.216. The summed E-state index contributed by atoms with van der Waals surface area (Å²) in [4.78, 5) is 8.70. The predicted octanol–water partition coefficient (Wildman–Crippen LogP) is 4.20. The minimum atomic E-state index is -0.105. The second-order valence-corrected chi connectivity index (χ2v) is 5.51. The van der Waals surface area contributed by atoms with E-state index >= 15 is 0 Å². The van der Waals surface area contributed by atoms with Gasteiger partial charge < -0.3 is 9.15 Å². The van der Waals surface area contributed by atoms with Crippen LogP contribution in [0, 0.1) is 0 Å². The summed E-state index contributed by atoms with van der Waals surface area (Å²) >= 11 is 6.09. The summed E-state index contributed by atoms with van der Waals surface area (Å²) in [6.07, 6.45) is 2.28. The molecule has 0 fully saturated rings. The van der Waals surface area contributed by atoms with E-state index in [-0.39, 0.29) is 11.4 Å². The maximum Gasteiger partial charge on any atom is 0.223 e. The molecule has 22 heavy (non-hydrogen) atoms. The van der Waals surface area contributed by atoms with Crippen molar-refractivity contribution >= 4 is 11.6 Å². The lowest BCUT2D eigenvalue weighted by atomic mass is 10.0. The van der Waals surface area contributed by atoms with Crippen molar-refractivity contribution in [3.05, 3.63) is 70.8 Å². The molecule has 1 aliphatic heterocycles. The van der Waals surface area contributed by atoms with Crippen molar-refractivity contribution in [2.24, 2.45) is 0 Å². The van der Waals surface area contributed by atoms with Crippen LogP contribution in [0.15, 0.2) is 53.1 Å². The molecule has 1 aliphatic rings. The molecule has 2 aromatic heterocycles. The number of hydrogen-bond donors (Lipinski definition) is 0. The van der Waals surface area contributed by atoms with Crippen LogP contribution in [0.5, 0.6) is 0 Å². The smallest absolute Gasteiger partial charge is 0.223 e. The third-order valence-electron chi connectivity index (χ3n) is 3.76. The zero-order valence-electron chi connectivity index (χ0n) is 11.7. The highest BCUT2D eigenvalue weighted by Gasteiger charge is 2.30. The highest BCUT2D eigenvalue weighted by atomic mass is 35.5. The number of benzene rings is 1. The lowest BCUT2D eigenvalue weighted by Gasteiger charge is -2.10. The number of furan rings is 1. The van der Waals surface area contributed by atoms with Crippen molar-refractivity contribution in [3.8, 4) is 11.5 Å². The van der Waals surface area contributed by atoms with Crippen LogP contribution in [0.3, 0.4) is 0 Å². The molecular weight excluding hydrogens is 300 g/mol. The first-order valence-corrected chi connectivity index (χ1v) is 7.45. The Morgan fingerprint density at radius 1 is 1.09 bits per heavy atom. The van der Waals surface area contributed by atoms with E-state index in [1.54, 1.807) is 6.26 Å². The van der Waals surface area contributed by atoms with Gasteiger partial charge in [0.2, 0.25) is 5.28 Å². The van der Waals surface area contributed by atoms with E-state index < -0.39 is 0 Å². The molecule has 0 radical (unpaired) electrons. The van der Waals surface area contributed by atoms with Crippen molar-refractivity contribution in [1.29, 1.82) is 0 Å². The van der Waals surface area contributed by atoms with Gasteiger partial charge in [-0.1, -0.05) is 30.3 Å². The van der Waals surface area contributed by atoms with Crippen LogP contribution in [0.4, 0.5) is 0 Å². The Bertz CT molecular complexity index is 788. The maximum atomic E-state index is 6.09. The van der Waals surface area contributed by atoms with Gasteiger partial charge in [0, 0.05) is 12.0 Å². The average molecular weight is 313 g/mol. The molecule has 4 nitrogen and oxygen atoms in total. The predicted molar refractivity (Wildman–Crippen MR) is 82.4 cm³/mol. The Labute approximate surface area is 132 Å². The van der Waals surface area contributed by atoms with Gasteiger partial charge in [0.1, 0.15) is 11.8 Å². The molecule has 3 aromatic rings. The minimum absolute atomic E-state index is 0.105. The highest BCUT2D eigenvalue weighted by molar-refractivity contribution is 6.28. The Morgan fingerprint density at radius 3 is 2.73 bits per heavy atom. The van der Waals surface area contributed by atoms with Crippen molar-refractivity contribution < 1.29 is 9.15 Å². The fourth-order valence-electron chi connectivity index (χ4n) is 2.75. The van der Waals surface area contributed by atoms with E-state index in [0.29, 0.717) is 12.4 Å². The highest BCUT2D eigenvalue weighted by Crippen LogP contribution is 2.37. The van der Waals surface area contributed by atoms with Gasteiger partial charge in [-0.15, -0.1) is 0 Å². The van der Waals surface area contributed by atoms with Gasteiger partial charge in [0.25, 0.3) is 0 Å². The monoisotopic (exact) mass is 312 g/mol. The van der Waals surface area contributed by atoms with Gasteiger partial charge in [-0.25, -0.2) is 9.97 Å². The van der Waals surface area contributed by atoms with Crippen LogP contribution in [0.1, 0.15) is 22.9 Å². The van der Waals surface area contributed by atoms with E-state index in [1.807, 2.05) is 30.3 Å². The van der Waals surface area contributed by atoms with E-state index in [9.17, 15) is 0 Å². The lowest BCUT2D eigenvalue weighted by Crippen LogP contribution is -2.04. The molecule has 1 aromatic carbocycles. The van der Waals surface area contributed by atoms with Crippen molar-refractivity contribution in [3.63, 3.8) is 0 Å². The van der Waals surface area contributed by atoms with Crippen LogP contribution >= 0.6 is 11.6 Å². The molecule has 0 spiro atoms. The molecule has 0 aliphatic carbocycles. The molecule has 0 saturated heterocycles. The SMILES string of the molecule is Clc1nc(-c2ccco2)c2c(n1)[C@H](Cc1ccccc1)OC2. The van der Waals surface area contributed by atoms with Crippen LogP contribution in [-0.2, 0) is 17.8 Å². The van der Waals surface area contributed by atoms with Gasteiger partial charge in [-0.2, -0.15) is 0 Å². The second kappa shape index (κ2) is 5.55. The van der Waals surface area contributed by atoms with Gasteiger partial charge in [-0.3, -0.25) is 0 Å². The zero-order valence-corrected chi connectivity index (χ0v) is 12.5. The van der Waals surface area contributed by atoms with Gasteiger partial charge in [-0.05, 0) is 29.3 Å². The van der Waals surface area contributed by atoms with Crippen LogP contribution < -0.4 is 0 Å². The molecule has 1 atom stereocenters. The zero-order chi connectivity index (χ0) is 14.9. The van der Waals surface area contributed by atoms with Crippen molar-refractivity contribution in [1.82, 2.24) is 9.97 Å². The van der Waals surface area contributed by atoms with E-state index in [4.69, 9.17) is 20.8 Å². The first-order valence-electron chi connectivity index (χ1n) is 7.07. The maximum absolute atomic E-state index is 6.09. The number of nitrogens with zero attached hydrogens (tertiary/aromatic N) is 2. The van der Waals surface area contributed by atoms with Crippen LogP contribution in [0.2, 0.25) is 5.28 Å². The third-order valence-corrected chi connectivity index (χ3v) is 3.93. The summed E-state index contributed by atoms with van der Waals surface area (Å²) in [6, 6.07) is 13.9. The fraction of sp³-hybridized carbons (Fsp3) is 0.176. The number of halogens is 1. The Hall–Kier alpha value is -2.17. The Kier molecular flexibility index (Phi) is 3.41. The standard InChI is InChI=1S/C17H13ClN2O2/c18-17-19-15(13-7-4-8-21-13)12-10-22-14(16(12)20-17)9-11-5-2-1-3-6-11/h1-8,14H,9-10H2/t14-/m0/s1. The van der Waals surface area contributed by atoms with Crippen molar-refractivity contribution in [2.45, 2.75) is 19.1 Å². The molecule has 0 saturated carbocycles. The van der Waals surface area contributed by atoms with Crippen LogP contribution in [-0.4, -0.2) is 9.97 Å². The molecule has 0 unspecified atom stereocenters. The summed E-state index contributed by atoms with van der Waals surface area (Å²) in [6.45, 7) is 0.472. The summed E-state index contributed by atoms with van der Waals surface area (Å²) in [5.74, 6) is 0.685. The number of aromatic nitrogens is 2. The molecule has 0 bridgehead atoms. The molecule has 110 valence electrons. The quantitative estimate of drug-likeness (QED) is 0.680. The molecule has 3 heterocycles. The summed E-state index contributed by atoms with van der Waals surface area (Å²) < 4.78 is 11.4. The van der Waals surface area contributed by atoms with E-state index in [1.165, 1.54) is 5.56 Å². The number of hydrogen-bond acceptors (Lipinski definition) is 4. The minimum Gasteiger partial charge on any atom is -0.463 e. The van der Waals surface area contributed by atoms with Gasteiger partial charge in [0.15, 0.2) is 5.76 Å². The molecular formula is C17H13ClN2O2. The third kappa shape index (κ3) is 2.40. The van der Waals surface area contributed by atoms with Gasteiger partial charge in [0.05, 0.1) is 18.6 Å². The molecule has 5 heteroatoms. The van der Waals surface area contributed by atoms with Gasteiger partial charge >= 0.3 is 0 Å². The topological polar surface area (TPSA) is 48.2 Å². The fourth-order valence-corrected chi connectivity index (χ4v) is 2.92. The first-order chi connectivity index (χ1) is 10.8. The van der Waals surface area contributed by atoms with Crippen LogP contribution in [0.25, 0.3) is 11.5 Å². The largest absolute Gasteiger partial charge is 0.463 e. The number of ether oxygens (including phenoxy) is 1. The molecule has 0 N–H and O–H groups in total. The number of fused-ring (bicyclic) bond motifs is 1. The Morgan fingerprint density at radius 2 is 1.95 bits per heavy atom. The summed E-state index contributed by atoms with van der Waals surface area (Å²) in [7, 11) is 0. The van der Waals surface area contributed by atoms with E-state index in [0.717, 1.165) is 23.4 Å². The number of rotatable bonds is 3. The first kappa shape index (κ1) is 13.5. The Balaban J connectivity index is 1.73. The average Bonchev–Trinajstić information content (AvgIpc) is 3.18.